The van der Waals surface area contributed by atoms with Gasteiger partial charge in [-0.1, -0.05) is 43.2 Å². The van der Waals surface area contributed by atoms with Gasteiger partial charge in [-0.25, -0.2) is 4.79 Å². The van der Waals surface area contributed by atoms with Crippen LogP contribution in [0.25, 0.3) is 6.08 Å². The van der Waals surface area contributed by atoms with Gasteiger partial charge in [0.2, 0.25) is 0 Å². The standard InChI is InChI=1S/C29H28N2O4/c1-4-5-16-34-25-11-7-22(8-12-25)18-24(19-30)29(33)35-26-13-9-23(10-14-26)28(32)31-27-15-6-20(2)17-21(27)3/h6-15,17-18H,4-5,16H2,1-3H3,(H,31,32)/b24-18+. The normalized spacial score (nSPS) is 10.9. The van der Waals surface area contributed by atoms with E-state index < -0.39 is 5.97 Å². The Morgan fingerprint density at radius 2 is 1.66 bits per heavy atom. The second kappa shape index (κ2) is 12.2. The molecule has 0 aliphatic carbocycles. The quantitative estimate of drug-likeness (QED) is 0.132. The maximum absolute atomic E-state index is 12.6. The zero-order valence-corrected chi connectivity index (χ0v) is 20.1. The number of anilines is 1. The van der Waals surface area contributed by atoms with Crippen LogP contribution in [0.5, 0.6) is 11.5 Å². The van der Waals surface area contributed by atoms with E-state index in [0.717, 1.165) is 35.4 Å². The number of carbonyl (C=O) groups is 2. The molecule has 0 saturated carbocycles. The molecule has 0 aromatic heterocycles. The van der Waals surface area contributed by atoms with Crippen molar-refractivity contribution < 1.29 is 19.1 Å². The van der Waals surface area contributed by atoms with Gasteiger partial charge in [-0.3, -0.25) is 4.79 Å². The first-order chi connectivity index (χ1) is 16.9. The monoisotopic (exact) mass is 468 g/mol. The summed E-state index contributed by atoms with van der Waals surface area (Å²) < 4.78 is 11.0. The summed E-state index contributed by atoms with van der Waals surface area (Å²) in [5.41, 5.74) is 3.79. The Kier molecular flexibility index (Phi) is 8.80. The number of aryl methyl sites for hydroxylation is 2. The third-order valence-corrected chi connectivity index (χ3v) is 5.26. The molecule has 3 aromatic rings. The molecule has 3 rings (SSSR count). The molecule has 6 nitrogen and oxygen atoms in total. The highest BCUT2D eigenvalue weighted by atomic mass is 16.5. The zero-order valence-electron chi connectivity index (χ0n) is 20.1. The van der Waals surface area contributed by atoms with Crippen LogP contribution in [-0.2, 0) is 4.79 Å². The van der Waals surface area contributed by atoms with Crippen LogP contribution in [-0.4, -0.2) is 18.5 Å². The van der Waals surface area contributed by atoms with E-state index in [1.807, 2.05) is 38.1 Å². The molecule has 0 heterocycles. The van der Waals surface area contributed by atoms with Gasteiger partial charge in [-0.2, -0.15) is 5.26 Å². The molecule has 0 saturated heterocycles. The Labute approximate surface area is 205 Å². The fourth-order valence-electron chi connectivity index (χ4n) is 3.28. The van der Waals surface area contributed by atoms with Crippen molar-refractivity contribution in [1.29, 1.82) is 5.26 Å². The minimum Gasteiger partial charge on any atom is -0.494 e. The van der Waals surface area contributed by atoms with Crippen LogP contribution in [0, 0.1) is 25.2 Å². The van der Waals surface area contributed by atoms with Gasteiger partial charge in [-0.15, -0.1) is 0 Å². The summed E-state index contributed by atoms with van der Waals surface area (Å²) in [5, 5.41) is 12.3. The number of hydrogen-bond acceptors (Lipinski definition) is 5. The van der Waals surface area contributed by atoms with Crippen LogP contribution >= 0.6 is 0 Å². The first-order valence-corrected chi connectivity index (χ1v) is 11.4. The Hall–Kier alpha value is -4.37. The second-order valence-corrected chi connectivity index (χ2v) is 8.13. The van der Waals surface area contributed by atoms with Crippen molar-refractivity contribution in [3.05, 3.63) is 94.6 Å². The average molecular weight is 469 g/mol. The summed E-state index contributed by atoms with van der Waals surface area (Å²) in [5.74, 6) is -0.0740. The van der Waals surface area contributed by atoms with Gasteiger partial charge >= 0.3 is 5.97 Å². The first kappa shape index (κ1) is 25.3. The summed E-state index contributed by atoms with van der Waals surface area (Å²) in [6.07, 6.45) is 3.49. The molecule has 35 heavy (non-hydrogen) atoms. The Bertz CT molecular complexity index is 1250. The minimum atomic E-state index is -0.775. The Morgan fingerprint density at radius 3 is 2.29 bits per heavy atom. The number of nitrogens with zero attached hydrogens (tertiary/aromatic N) is 1. The molecular weight excluding hydrogens is 440 g/mol. The summed E-state index contributed by atoms with van der Waals surface area (Å²) in [6, 6.07) is 21.0. The van der Waals surface area contributed by atoms with Gasteiger partial charge in [0.25, 0.3) is 5.91 Å². The summed E-state index contributed by atoms with van der Waals surface area (Å²) in [6.45, 7) is 6.67. The highest BCUT2D eigenvalue weighted by molar-refractivity contribution is 6.05. The van der Waals surface area contributed by atoms with E-state index in [4.69, 9.17) is 9.47 Å². The number of unbranched alkanes of at least 4 members (excludes halogenated alkanes) is 1. The van der Waals surface area contributed by atoms with Crippen LogP contribution in [0.4, 0.5) is 5.69 Å². The molecule has 0 atom stereocenters. The zero-order chi connectivity index (χ0) is 25.2. The molecule has 0 spiro atoms. The van der Waals surface area contributed by atoms with Crippen LogP contribution < -0.4 is 14.8 Å². The highest BCUT2D eigenvalue weighted by Gasteiger charge is 2.14. The van der Waals surface area contributed by atoms with Crippen LogP contribution in [0.3, 0.4) is 0 Å². The van der Waals surface area contributed by atoms with E-state index in [-0.39, 0.29) is 17.2 Å². The number of amides is 1. The Morgan fingerprint density at radius 1 is 0.971 bits per heavy atom. The second-order valence-electron chi connectivity index (χ2n) is 8.13. The molecule has 0 aliphatic heterocycles. The van der Waals surface area contributed by atoms with E-state index >= 15 is 0 Å². The number of ether oxygens (including phenoxy) is 2. The van der Waals surface area contributed by atoms with Gasteiger partial charge in [0.15, 0.2) is 0 Å². The van der Waals surface area contributed by atoms with Gasteiger partial charge in [0.05, 0.1) is 6.61 Å². The lowest BCUT2D eigenvalue weighted by molar-refractivity contribution is -0.129. The van der Waals surface area contributed by atoms with Crippen molar-refractivity contribution >= 4 is 23.6 Å². The van der Waals surface area contributed by atoms with Crippen molar-refractivity contribution in [2.45, 2.75) is 33.6 Å². The van der Waals surface area contributed by atoms with Crippen LogP contribution in [0.1, 0.15) is 46.8 Å². The van der Waals surface area contributed by atoms with Crippen molar-refractivity contribution in [3.8, 4) is 17.6 Å². The molecule has 3 aromatic carbocycles. The maximum atomic E-state index is 12.6. The fraction of sp³-hybridized carbons (Fsp3) is 0.207. The molecule has 0 unspecified atom stereocenters. The van der Waals surface area contributed by atoms with E-state index in [1.54, 1.807) is 36.4 Å². The lowest BCUT2D eigenvalue weighted by Gasteiger charge is -2.10. The van der Waals surface area contributed by atoms with Gasteiger partial charge in [0, 0.05) is 11.3 Å². The van der Waals surface area contributed by atoms with E-state index in [9.17, 15) is 14.9 Å². The van der Waals surface area contributed by atoms with Crippen molar-refractivity contribution in [2.75, 3.05) is 11.9 Å². The molecule has 178 valence electrons. The molecule has 1 N–H and O–H groups in total. The highest BCUT2D eigenvalue weighted by Crippen LogP contribution is 2.20. The van der Waals surface area contributed by atoms with Crippen molar-refractivity contribution in [1.82, 2.24) is 0 Å². The lowest BCUT2D eigenvalue weighted by atomic mass is 10.1. The number of rotatable bonds is 9. The van der Waals surface area contributed by atoms with Crippen molar-refractivity contribution in [3.63, 3.8) is 0 Å². The number of nitriles is 1. The van der Waals surface area contributed by atoms with Gasteiger partial charge in [-0.05, 0) is 79.9 Å². The lowest BCUT2D eigenvalue weighted by Crippen LogP contribution is -2.13. The molecule has 0 bridgehead atoms. The molecule has 6 heteroatoms. The largest absolute Gasteiger partial charge is 0.494 e. The van der Waals surface area contributed by atoms with E-state index in [1.165, 1.54) is 18.2 Å². The number of nitrogens with one attached hydrogen (secondary N) is 1. The maximum Gasteiger partial charge on any atom is 0.354 e. The topological polar surface area (TPSA) is 88.4 Å². The molecule has 0 fully saturated rings. The number of benzene rings is 3. The molecule has 0 aliphatic rings. The van der Waals surface area contributed by atoms with Crippen molar-refractivity contribution in [2.24, 2.45) is 0 Å². The summed E-state index contributed by atoms with van der Waals surface area (Å²) >= 11 is 0. The third kappa shape index (κ3) is 7.31. The molecule has 1 amide bonds. The third-order valence-electron chi connectivity index (χ3n) is 5.26. The summed E-state index contributed by atoms with van der Waals surface area (Å²) in [4.78, 5) is 25.1. The number of carbonyl (C=O) groups excluding carboxylic acids is 2. The molecule has 0 radical (unpaired) electrons. The number of esters is 1. The Balaban J connectivity index is 1.62. The van der Waals surface area contributed by atoms with E-state index in [2.05, 4.69) is 12.2 Å². The minimum absolute atomic E-state index is 0.138. The van der Waals surface area contributed by atoms with Crippen LogP contribution in [0.2, 0.25) is 0 Å². The van der Waals surface area contributed by atoms with E-state index in [0.29, 0.717) is 17.7 Å². The van der Waals surface area contributed by atoms with Crippen LogP contribution in [0.15, 0.2) is 72.3 Å². The smallest absolute Gasteiger partial charge is 0.354 e. The summed E-state index contributed by atoms with van der Waals surface area (Å²) in [7, 11) is 0. The first-order valence-electron chi connectivity index (χ1n) is 11.4. The number of hydrogen-bond donors (Lipinski definition) is 1. The van der Waals surface area contributed by atoms with Gasteiger partial charge in [0.1, 0.15) is 23.1 Å². The SMILES string of the molecule is CCCCOc1ccc(/C=C(\C#N)C(=O)Oc2ccc(C(=O)Nc3ccc(C)cc3C)cc2)cc1. The van der Waals surface area contributed by atoms with Gasteiger partial charge < -0.3 is 14.8 Å². The predicted molar refractivity (Wildman–Crippen MR) is 136 cm³/mol. The average Bonchev–Trinajstić information content (AvgIpc) is 2.85. The fourth-order valence-corrected chi connectivity index (χ4v) is 3.28. The molecular formula is C29H28N2O4. The predicted octanol–water partition coefficient (Wildman–Crippen LogP) is 6.25.